The lowest BCUT2D eigenvalue weighted by Gasteiger charge is -2.49. The van der Waals surface area contributed by atoms with Crippen LogP contribution in [0.3, 0.4) is 0 Å². The number of allylic oxidation sites excluding steroid dienone is 2. The van der Waals surface area contributed by atoms with Crippen molar-refractivity contribution in [2.75, 3.05) is 20.8 Å². The van der Waals surface area contributed by atoms with Crippen molar-refractivity contribution < 1.29 is 67.2 Å². The maximum absolute atomic E-state index is 14.4. The van der Waals surface area contributed by atoms with Crippen LogP contribution in [0.5, 0.6) is 0 Å². The lowest BCUT2D eigenvalue weighted by Crippen LogP contribution is -2.65. The summed E-state index contributed by atoms with van der Waals surface area (Å²) in [5.41, 5.74) is -0.623. The number of nitrogens with one attached hydrogen (secondary N) is 1. The van der Waals surface area contributed by atoms with Gasteiger partial charge in [-0.25, -0.2) is 0 Å². The van der Waals surface area contributed by atoms with Gasteiger partial charge in [0.25, 0.3) is 0 Å². The van der Waals surface area contributed by atoms with Crippen LogP contribution < -0.4 is 5.32 Å². The molecular formula is C50H75NO14. The van der Waals surface area contributed by atoms with E-state index in [0.29, 0.717) is 43.2 Å². The minimum absolute atomic E-state index is 0.0261. The SMILES string of the molecule is CC[C@H](C)[C@H]1O[C@]2(C=C[C@@H]1C)C[C@@H]1C[C@@H](C/C=C(\C)[C@@H](O[C@H]3C[C@H](OC)[C@@H](O[C@H]4C[C@H](OC)[C@@](C)(NC=O)[C@H](C)O4)[C@H](C)O3)[C@@H](C)/C=C/C=C3\CO[C@@H]4[C@H](O)C(C)=C[C@@H](C(=O)O1)[C@]34O)O2. The fourth-order valence-corrected chi connectivity index (χ4v) is 11.1. The van der Waals surface area contributed by atoms with Gasteiger partial charge >= 0.3 is 5.97 Å². The summed E-state index contributed by atoms with van der Waals surface area (Å²) in [6.45, 7) is 18.1. The van der Waals surface area contributed by atoms with Crippen LogP contribution in [0.15, 0.2) is 59.3 Å². The van der Waals surface area contributed by atoms with Gasteiger partial charge in [-0.15, -0.1) is 0 Å². The highest BCUT2D eigenvalue weighted by Gasteiger charge is 2.60. The number of ether oxygens (including phenoxy) is 10. The van der Waals surface area contributed by atoms with E-state index in [9.17, 15) is 19.8 Å². The lowest BCUT2D eigenvalue weighted by atomic mass is 9.71. The molecule has 2 bridgehead atoms. The number of carbonyl (C=O) groups is 2. The molecule has 1 spiro atoms. The fraction of sp³-hybridized carbons (Fsp3) is 0.760. The van der Waals surface area contributed by atoms with Crippen LogP contribution in [0, 0.1) is 23.7 Å². The Bertz CT molecular complexity index is 1850. The van der Waals surface area contributed by atoms with Gasteiger partial charge in [0.1, 0.15) is 35.9 Å². The summed E-state index contributed by atoms with van der Waals surface area (Å²) in [6, 6.07) is 0. The minimum Gasteiger partial charge on any atom is -0.462 e. The van der Waals surface area contributed by atoms with Gasteiger partial charge in [-0.1, -0.05) is 70.6 Å². The van der Waals surface area contributed by atoms with Crippen molar-refractivity contribution in [1.82, 2.24) is 5.32 Å². The molecular weight excluding hydrogens is 839 g/mol. The molecule has 15 nitrogen and oxygen atoms in total. The Morgan fingerprint density at radius 1 is 0.969 bits per heavy atom. The Labute approximate surface area is 385 Å². The first-order valence-electron chi connectivity index (χ1n) is 23.8. The highest BCUT2D eigenvalue weighted by molar-refractivity contribution is 5.78. The van der Waals surface area contributed by atoms with Gasteiger partial charge in [0.15, 0.2) is 18.4 Å². The molecule has 7 aliphatic rings. The average molecular weight is 914 g/mol. The van der Waals surface area contributed by atoms with Crippen LogP contribution in [-0.2, 0) is 57.0 Å². The number of hydrogen-bond acceptors (Lipinski definition) is 14. The summed E-state index contributed by atoms with van der Waals surface area (Å²) in [5.74, 6) is -2.60. The number of aliphatic hydroxyl groups excluding tert-OH is 1. The van der Waals surface area contributed by atoms with Crippen LogP contribution in [-0.4, -0.2) is 140 Å². The maximum atomic E-state index is 14.4. The highest BCUT2D eigenvalue weighted by atomic mass is 16.7. The Morgan fingerprint density at radius 2 is 1.72 bits per heavy atom. The molecule has 0 unspecified atom stereocenters. The van der Waals surface area contributed by atoms with Crippen LogP contribution >= 0.6 is 0 Å². The summed E-state index contributed by atoms with van der Waals surface area (Å²) in [4.78, 5) is 25.9. The summed E-state index contributed by atoms with van der Waals surface area (Å²) in [7, 11) is 3.26. The third kappa shape index (κ3) is 10.0. The number of aliphatic hydroxyl groups is 2. The van der Waals surface area contributed by atoms with Gasteiger partial charge in [0.05, 0.1) is 54.9 Å². The van der Waals surface area contributed by atoms with Crippen molar-refractivity contribution in [1.29, 1.82) is 0 Å². The zero-order valence-electron chi connectivity index (χ0n) is 40.2. The molecule has 0 radical (unpaired) electrons. The number of carbonyl (C=O) groups excluding carboxylic acids is 2. The van der Waals surface area contributed by atoms with E-state index in [-0.39, 0.29) is 43.0 Å². The molecule has 0 aromatic rings. The van der Waals surface area contributed by atoms with E-state index in [1.54, 1.807) is 33.3 Å². The van der Waals surface area contributed by atoms with E-state index >= 15 is 0 Å². The largest absolute Gasteiger partial charge is 0.462 e. The monoisotopic (exact) mass is 914 g/mol. The van der Waals surface area contributed by atoms with Crippen LogP contribution in [0.2, 0.25) is 0 Å². The molecule has 0 aromatic heterocycles. The second-order valence-electron chi connectivity index (χ2n) is 19.9. The summed E-state index contributed by atoms with van der Waals surface area (Å²) >= 11 is 0. The van der Waals surface area contributed by atoms with Crippen molar-refractivity contribution in [2.24, 2.45) is 23.7 Å². The third-order valence-corrected chi connectivity index (χ3v) is 15.5. The van der Waals surface area contributed by atoms with E-state index in [1.807, 2.05) is 45.9 Å². The molecule has 4 saturated heterocycles. The number of esters is 1. The zero-order chi connectivity index (χ0) is 47.0. The second-order valence-corrected chi connectivity index (χ2v) is 19.9. The Balaban J connectivity index is 1.17. The van der Waals surface area contributed by atoms with Crippen molar-refractivity contribution in [3.63, 3.8) is 0 Å². The van der Waals surface area contributed by atoms with Crippen LogP contribution in [0.4, 0.5) is 0 Å². The molecule has 65 heavy (non-hydrogen) atoms. The van der Waals surface area contributed by atoms with Gasteiger partial charge in [-0.2, -0.15) is 0 Å². The number of hydrogen-bond donors (Lipinski definition) is 3. The minimum atomic E-state index is -1.84. The van der Waals surface area contributed by atoms with Crippen LogP contribution in [0.1, 0.15) is 101 Å². The third-order valence-electron chi connectivity index (χ3n) is 15.5. The molecule has 3 N–H and O–H groups in total. The van der Waals surface area contributed by atoms with Gasteiger partial charge < -0.3 is 62.9 Å². The maximum Gasteiger partial charge on any atom is 0.316 e. The zero-order valence-corrected chi connectivity index (χ0v) is 40.2. The molecule has 20 atom stereocenters. The summed E-state index contributed by atoms with van der Waals surface area (Å²) in [5, 5.41) is 26.7. The molecule has 1 aliphatic carbocycles. The van der Waals surface area contributed by atoms with Gasteiger partial charge in [-0.05, 0) is 69.8 Å². The molecule has 1 amide bonds. The molecule has 364 valence electrons. The number of amides is 1. The van der Waals surface area contributed by atoms with E-state index < -0.39 is 96.3 Å². The van der Waals surface area contributed by atoms with E-state index in [1.165, 1.54) is 0 Å². The van der Waals surface area contributed by atoms with Crippen molar-refractivity contribution in [3.8, 4) is 0 Å². The smallest absolute Gasteiger partial charge is 0.316 e. The Morgan fingerprint density at radius 3 is 2.43 bits per heavy atom. The molecule has 15 heteroatoms. The van der Waals surface area contributed by atoms with Gasteiger partial charge in [-0.3, -0.25) is 9.59 Å². The second kappa shape index (κ2) is 20.4. The number of rotatable bonds is 10. The lowest BCUT2D eigenvalue weighted by molar-refractivity contribution is -0.317. The molecule has 7 rings (SSSR count). The Kier molecular flexibility index (Phi) is 15.7. The van der Waals surface area contributed by atoms with E-state index in [4.69, 9.17) is 47.4 Å². The number of fused-ring (bicyclic) bond motifs is 2. The molecule has 4 fully saturated rings. The molecule has 0 saturated carbocycles. The molecule has 6 aliphatic heterocycles. The predicted molar refractivity (Wildman–Crippen MR) is 239 cm³/mol. The molecule has 0 aromatic carbocycles. The van der Waals surface area contributed by atoms with Crippen molar-refractivity contribution in [2.45, 2.75) is 197 Å². The van der Waals surface area contributed by atoms with Crippen molar-refractivity contribution >= 4 is 12.4 Å². The van der Waals surface area contributed by atoms with E-state index in [0.717, 1.165) is 12.0 Å². The van der Waals surface area contributed by atoms with Crippen LogP contribution in [0.25, 0.3) is 0 Å². The summed E-state index contributed by atoms with van der Waals surface area (Å²) < 4.78 is 64.5. The Hall–Kier alpha value is -2.80. The average Bonchev–Trinajstić information content (AvgIpc) is 3.61. The predicted octanol–water partition coefficient (Wildman–Crippen LogP) is 5.52. The quantitative estimate of drug-likeness (QED) is 0.142. The molecule has 6 heterocycles. The first-order valence-corrected chi connectivity index (χ1v) is 23.8. The van der Waals surface area contributed by atoms with Crippen molar-refractivity contribution in [3.05, 3.63) is 59.3 Å². The number of methoxy groups -OCH3 is 2. The standard InChI is InChI=1S/C50H75NO14/c1-12-27(2)44-30(5)18-19-49(65-44)24-36-21-35(64-49)17-16-29(4)43(28(3)14-13-15-34-25-58-46-42(53)31(6)20-37(47(54)61-36)50(34,46)55)62-40-22-38(56-10)45(32(7)59-40)63-41-23-39(57-11)48(9,51-26-52)33(8)60-41/h13-16,18-20,26-28,30,32-33,35-46,53,55H,12,17,21-25H2,1-11H3,(H,51,52)/b14-13+,29-16+,34-15+/t27-,28-,30-,32-,33-,35+,36-,37-,38-,39-,40-,41-,42+,43-,44+,45-,46+,48-,49+,50+/m0/s1. The highest BCUT2D eigenvalue weighted by Crippen LogP contribution is 2.47. The normalized spacial score (nSPS) is 48.4. The topological polar surface area (TPSA) is 179 Å². The first-order chi connectivity index (χ1) is 30.9. The van der Waals surface area contributed by atoms with E-state index in [2.05, 4.69) is 45.2 Å². The summed E-state index contributed by atoms with van der Waals surface area (Å²) in [6.07, 6.45) is 9.95. The fourth-order valence-electron chi connectivity index (χ4n) is 11.1. The van der Waals surface area contributed by atoms with Gasteiger partial charge in [0.2, 0.25) is 6.41 Å². The van der Waals surface area contributed by atoms with Gasteiger partial charge in [0, 0.05) is 51.7 Å². The first kappa shape index (κ1) is 50.1.